The van der Waals surface area contributed by atoms with Crippen molar-refractivity contribution in [2.75, 3.05) is 25.0 Å². The number of urea groups is 1. The first kappa shape index (κ1) is 14.2. The number of fused-ring (bicyclic) bond motifs is 1. The average molecular weight is 277 g/mol. The molecule has 20 heavy (non-hydrogen) atoms. The van der Waals surface area contributed by atoms with E-state index in [2.05, 4.69) is 16.0 Å². The molecule has 6 heteroatoms. The number of hydrogen-bond donors (Lipinski definition) is 3. The Morgan fingerprint density at radius 1 is 1.40 bits per heavy atom. The smallest absolute Gasteiger partial charge is 0.321 e. The Labute approximate surface area is 117 Å². The van der Waals surface area contributed by atoms with Crippen molar-refractivity contribution < 1.29 is 14.3 Å². The summed E-state index contributed by atoms with van der Waals surface area (Å²) in [4.78, 5) is 22.7. The van der Waals surface area contributed by atoms with Crippen molar-refractivity contribution >= 4 is 17.6 Å². The van der Waals surface area contributed by atoms with Crippen molar-refractivity contribution in [3.05, 3.63) is 23.8 Å². The number of hydrogen-bond acceptors (Lipinski definition) is 4. The Balaban J connectivity index is 1.91. The van der Waals surface area contributed by atoms with E-state index in [0.717, 1.165) is 25.1 Å². The van der Waals surface area contributed by atoms with E-state index < -0.39 is 11.9 Å². The first-order valence-corrected chi connectivity index (χ1v) is 6.77. The molecule has 0 spiro atoms. The minimum Gasteiger partial charge on any atom is -0.482 e. The molecule has 0 aliphatic carbocycles. The predicted molar refractivity (Wildman–Crippen MR) is 76.0 cm³/mol. The number of aryl methyl sites for hydroxylation is 1. The number of carbonyl (C=O) groups is 2. The molecule has 108 valence electrons. The van der Waals surface area contributed by atoms with Gasteiger partial charge >= 0.3 is 6.03 Å². The van der Waals surface area contributed by atoms with Gasteiger partial charge in [-0.2, -0.15) is 0 Å². The van der Waals surface area contributed by atoms with Gasteiger partial charge in [0.1, 0.15) is 5.75 Å². The molecule has 0 unspecified atom stereocenters. The monoisotopic (exact) mass is 277 g/mol. The fraction of sp³-hybridized carbons (Fsp3) is 0.429. The number of ether oxygens (including phenoxy) is 1. The first-order valence-electron chi connectivity index (χ1n) is 6.77. The van der Waals surface area contributed by atoms with Crippen LogP contribution in [-0.2, 0) is 11.2 Å². The van der Waals surface area contributed by atoms with E-state index in [9.17, 15) is 9.59 Å². The molecule has 3 N–H and O–H groups in total. The van der Waals surface area contributed by atoms with Crippen molar-refractivity contribution in [1.29, 1.82) is 0 Å². The van der Waals surface area contributed by atoms with Gasteiger partial charge in [-0.1, -0.05) is 12.1 Å². The lowest BCUT2D eigenvalue weighted by Gasteiger charge is -2.20. The molecule has 2 rings (SSSR count). The van der Waals surface area contributed by atoms with E-state index >= 15 is 0 Å². The number of anilines is 1. The normalized spacial score (nSPS) is 12.8. The lowest BCUT2D eigenvalue weighted by Crippen LogP contribution is -2.41. The molecule has 1 aromatic rings. The van der Waals surface area contributed by atoms with Crippen LogP contribution in [0, 0.1) is 0 Å². The van der Waals surface area contributed by atoms with Crippen LogP contribution in [0.3, 0.4) is 0 Å². The molecule has 1 aromatic carbocycles. The molecular weight excluding hydrogens is 258 g/mol. The second-order valence-corrected chi connectivity index (χ2v) is 4.52. The molecule has 0 saturated carbocycles. The molecule has 6 nitrogen and oxygen atoms in total. The fourth-order valence-electron chi connectivity index (χ4n) is 2.11. The van der Waals surface area contributed by atoms with Gasteiger partial charge in [0.05, 0.1) is 5.69 Å². The van der Waals surface area contributed by atoms with Crippen LogP contribution >= 0.6 is 0 Å². The third kappa shape index (κ3) is 3.63. The lowest BCUT2D eigenvalue weighted by atomic mass is 10.0. The third-order valence-corrected chi connectivity index (χ3v) is 2.99. The number of para-hydroxylation sites is 1. The van der Waals surface area contributed by atoms with Gasteiger partial charge in [-0.05, 0) is 31.4 Å². The summed E-state index contributed by atoms with van der Waals surface area (Å²) in [5, 5.41) is 7.96. The van der Waals surface area contributed by atoms with Crippen molar-refractivity contribution in [3.63, 3.8) is 0 Å². The Kier molecular flexibility index (Phi) is 4.81. The highest BCUT2D eigenvalue weighted by Gasteiger charge is 2.14. The maximum absolute atomic E-state index is 11.6. The van der Waals surface area contributed by atoms with Crippen molar-refractivity contribution in [1.82, 2.24) is 10.6 Å². The van der Waals surface area contributed by atoms with Gasteiger partial charge < -0.3 is 15.4 Å². The molecular formula is C14H19N3O3. The largest absolute Gasteiger partial charge is 0.482 e. The van der Waals surface area contributed by atoms with Crippen LogP contribution in [0.5, 0.6) is 5.75 Å². The van der Waals surface area contributed by atoms with Crippen LogP contribution in [0.25, 0.3) is 0 Å². The van der Waals surface area contributed by atoms with Gasteiger partial charge in [-0.25, -0.2) is 4.79 Å². The highest BCUT2D eigenvalue weighted by molar-refractivity contribution is 5.95. The molecule has 0 aromatic heterocycles. The number of amides is 3. The van der Waals surface area contributed by atoms with E-state index in [0.29, 0.717) is 12.3 Å². The summed E-state index contributed by atoms with van der Waals surface area (Å²) in [5.74, 6) is 0.178. The summed E-state index contributed by atoms with van der Waals surface area (Å²) in [6.45, 7) is 2.96. The summed E-state index contributed by atoms with van der Waals surface area (Å²) in [5.41, 5.74) is 2.14. The maximum atomic E-state index is 11.6. The second-order valence-electron chi connectivity index (χ2n) is 4.52. The minimum absolute atomic E-state index is 0.185. The van der Waals surface area contributed by atoms with Gasteiger partial charge in [0, 0.05) is 13.1 Å². The second kappa shape index (κ2) is 6.79. The number of rotatable bonds is 4. The van der Waals surface area contributed by atoms with Gasteiger partial charge in [0.15, 0.2) is 6.61 Å². The van der Waals surface area contributed by atoms with Crippen molar-refractivity contribution in [2.45, 2.75) is 19.8 Å². The number of nitrogens with one attached hydrogen (secondary N) is 3. The summed E-state index contributed by atoms with van der Waals surface area (Å²) >= 11 is 0. The Hall–Kier alpha value is -2.24. The molecule has 0 bridgehead atoms. The Bertz CT molecular complexity index is 502. The number of imide groups is 1. The summed E-state index contributed by atoms with van der Waals surface area (Å²) in [6, 6.07) is 5.26. The fourth-order valence-corrected chi connectivity index (χ4v) is 2.11. The van der Waals surface area contributed by atoms with Crippen LogP contribution in [0.4, 0.5) is 10.5 Å². The summed E-state index contributed by atoms with van der Waals surface area (Å²) in [7, 11) is 0. The molecule has 1 aliphatic rings. The number of carbonyl (C=O) groups excluding carboxylic acids is 2. The molecule has 0 fully saturated rings. The zero-order valence-electron chi connectivity index (χ0n) is 11.5. The quantitative estimate of drug-likeness (QED) is 0.774. The van der Waals surface area contributed by atoms with E-state index in [4.69, 9.17) is 4.74 Å². The van der Waals surface area contributed by atoms with E-state index in [-0.39, 0.29) is 6.61 Å². The molecule has 0 atom stereocenters. The van der Waals surface area contributed by atoms with Gasteiger partial charge in [-0.15, -0.1) is 0 Å². The minimum atomic E-state index is -0.505. The Morgan fingerprint density at radius 2 is 2.25 bits per heavy atom. The standard InChI is InChI=1S/C14H19N3O3/c1-2-15-14(19)17-12(18)9-20-11-7-3-5-10-6-4-8-16-13(10)11/h3,5,7,16H,2,4,6,8-9H2,1H3,(H2,15,17,18,19). The summed E-state index contributed by atoms with van der Waals surface area (Å²) in [6.07, 6.45) is 2.10. The van der Waals surface area contributed by atoms with Gasteiger partial charge in [0.25, 0.3) is 5.91 Å². The predicted octanol–water partition coefficient (Wildman–Crippen LogP) is 1.27. The van der Waals surface area contributed by atoms with Crippen LogP contribution in [0.2, 0.25) is 0 Å². The average Bonchev–Trinajstić information content (AvgIpc) is 2.45. The van der Waals surface area contributed by atoms with E-state index in [1.807, 2.05) is 18.2 Å². The number of benzene rings is 1. The molecule has 0 saturated heterocycles. The molecule has 0 radical (unpaired) electrons. The molecule has 3 amide bonds. The topological polar surface area (TPSA) is 79.5 Å². The van der Waals surface area contributed by atoms with Crippen LogP contribution < -0.4 is 20.7 Å². The van der Waals surface area contributed by atoms with Crippen molar-refractivity contribution in [2.24, 2.45) is 0 Å². The van der Waals surface area contributed by atoms with Crippen LogP contribution in [0.1, 0.15) is 18.9 Å². The Morgan fingerprint density at radius 3 is 3.05 bits per heavy atom. The SMILES string of the molecule is CCNC(=O)NC(=O)COc1cccc2c1NCCC2. The van der Waals surface area contributed by atoms with E-state index in [1.165, 1.54) is 5.56 Å². The summed E-state index contributed by atoms with van der Waals surface area (Å²) < 4.78 is 5.49. The van der Waals surface area contributed by atoms with Crippen LogP contribution in [-0.4, -0.2) is 31.6 Å². The molecule has 1 heterocycles. The first-order chi connectivity index (χ1) is 9.70. The third-order valence-electron chi connectivity index (χ3n) is 2.99. The maximum Gasteiger partial charge on any atom is 0.321 e. The highest BCUT2D eigenvalue weighted by Crippen LogP contribution is 2.31. The van der Waals surface area contributed by atoms with Crippen LogP contribution in [0.15, 0.2) is 18.2 Å². The van der Waals surface area contributed by atoms with Crippen molar-refractivity contribution in [3.8, 4) is 5.75 Å². The zero-order valence-corrected chi connectivity index (χ0v) is 11.5. The van der Waals surface area contributed by atoms with Gasteiger partial charge in [-0.3, -0.25) is 10.1 Å². The highest BCUT2D eigenvalue weighted by atomic mass is 16.5. The van der Waals surface area contributed by atoms with E-state index in [1.54, 1.807) is 6.92 Å². The molecule has 1 aliphatic heterocycles. The zero-order chi connectivity index (χ0) is 14.4. The van der Waals surface area contributed by atoms with Gasteiger partial charge in [0.2, 0.25) is 0 Å². The lowest BCUT2D eigenvalue weighted by molar-refractivity contribution is -0.121.